The smallest absolute Gasteiger partial charge is 0.416 e. The first-order valence-corrected chi connectivity index (χ1v) is 11.1. The molecule has 2 fully saturated rings. The summed E-state index contributed by atoms with van der Waals surface area (Å²) in [6.45, 7) is 1.76. The number of rotatable bonds is 3. The van der Waals surface area contributed by atoms with Crippen molar-refractivity contribution in [3.8, 4) is 0 Å². The number of oxazole rings is 1. The molecule has 3 aromatic rings. The van der Waals surface area contributed by atoms with Crippen molar-refractivity contribution in [1.29, 1.82) is 0 Å². The Morgan fingerprint density at radius 2 is 1.94 bits per heavy atom. The Morgan fingerprint density at radius 3 is 2.62 bits per heavy atom. The van der Waals surface area contributed by atoms with E-state index in [9.17, 15) is 22.4 Å². The molecule has 9 heteroatoms. The van der Waals surface area contributed by atoms with E-state index >= 15 is 0 Å². The Bertz CT molecular complexity index is 1240. The molecule has 5 rings (SSSR count). The maximum Gasteiger partial charge on any atom is 0.416 e. The molecule has 1 spiro atoms. The Balaban J connectivity index is 1.56. The molecule has 1 aliphatic heterocycles. The molecule has 0 radical (unpaired) electrons. The van der Waals surface area contributed by atoms with Gasteiger partial charge in [-0.05, 0) is 49.1 Å². The fourth-order valence-corrected chi connectivity index (χ4v) is 5.73. The van der Waals surface area contributed by atoms with Crippen LogP contribution < -0.4 is 0 Å². The minimum Gasteiger partial charge on any atom is -0.469 e. The minimum atomic E-state index is -4.53. The maximum absolute atomic E-state index is 13.6. The van der Waals surface area contributed by atoms with Crippen LogP contribution in [0.4, 0.5) is 17.6 Å². The van der Waals surface area contributed by atoms with E-state index in [0.717, 1.165) is 17.7 Å². The highest BCUT2D eigenvalue weighted by molar-refractivity contribution is 5.79. The zero-order valence-corrected chi connectivity index (χ0v) is 18.6. The van der Waals surface area contributed by atoms with E-state index in [1.54, 1.807) is 19.1 Å². The van der Waals surface area contributed by atoms with Crippen molar-refractivity contribution in [3.63, 3.8) is 0 Å². The monoisotopic (exact) mass is 477 g/mol. The molecule has 1 aromatic heterocycles. The second-order valence-electron chi connectivity index (χ2n) is 9.12. The Hall–Kier alpha value is -2.94. The summed E-state index contributed by atoms with van der Waals surface area (Å²) in [7, 11) is 1.32. The normalized spacial score (nSPS) is 27.1. The van der Waals surface area contributed by atoms with E-state index < -0.39 is 40.9 Å². The number of fused-ring (bicyclic) bond motifs is 1. The largest absolute Gasteiger partial charge is 0.469 e. The molecule has 4 unspecified atom stereocenters. The van der Waals surface area contributed by atoms with Gasteiger partial charge in [-0.2, -0.15) is 13.2 Å². The lowest BCUT2D eigenvalue weighted by atomic mass is 9.76. The summed E-state index contributed by atoms with van der Waals surface area (Å²) >= 11 is 0. The molecule has 2 aliphatic rings. The number of hydrogen-bond donors (Lipinski definition) is 0. The van der Waals surface area contributed by atoms with Crippen molar-refractivity contribution in [2.45, 2.75) is 49.8 Å². The van der Waals surface area contributed by atoms with Gasteiger partial charge in [-0.1, -0.05) is 12.1 Å². The number of alkyl halides is 3. The molecular weight excluding hydrogens is 454 g/mol. The van der Waals surface area contributed by atoms with E-state index in [2.05, 4.69) is 4.98 Å². The van der Waals surface area contributed by atoms with Crippen LogP contribution in [0.2, 0.25) is 0 Å². The average Bonchev–Trinajstić information content (AvgIpc) is 3.49. The topological polar surface area (TPSA) is 61.6 Å². The molecule has 2 heterocycles. The van der Waals surface area contributed by atoms with Gasteiger partial charge in [0.05, 0.1) is 30.8 Å². The van der Waals surface area contributed by atoms with Crippen molar-refractivity contribution in [1.82, 2.24) is 4.98 Å². The van der Waals surface area contributed by atoms with Crippen LogP contribution in [0.25, 0.3) is 11.1 Å². The van der Waals surface area contributed by atoms with Gasteiger partial charge < -0.3 is 13.9 Å². The standard InChI is InChI=1S/C25H23F4NO4/c1-13-30-20-10-16(25(27,28)29)9-19(22(20)34-13)15-11-24(33-12-15)8-7-18(23(31)32-2)21(24)14-3-5-17(26)6-4-14/h3-6,9-10,15,18,21H,7-8,11-12H2,1-2H3. The molecule has 34 heavy (non-hydrogen) atoms. The fourth-order valence-electron chi connectivity index (χ4n) is 5.73. The van der Waals surface area contributed by atoms with Crippen molar-refractivity contribution >= 4 is 17.1 Å². The highest BCUT2D eigenvalue weighted by Gasteiger charge is 2.57. The van der Waals surface area contributed by atoms with Crippen LogP contribution in [0.1, 0.15) is 53.7 Å². The van der Waals surface area contributed by atoms with Crippen LogP contribution in [0.5, 0.6) is 0 Å². The molecule has 4 atom stereocenters. The summed E-state index contributed by atoms with van der Waals surface area (Å²) in [5, 5.41) is 0. The Labute approximate surface area is 193 Å². The van der Waals surface area contributed by atoms with Crippen LogP contribution in [0, 0.1) is 18.7 Å². The summed E-state index contributed by atoms with van der Waals surface area (Å²) in [6, 6.07) is 8.01. The molecule has 5 nitrogen and oxygen atoms in total. The molecule has 0 bridgehead atoms. The van der Waals surface area contributed by atoms with Crippen LogP contribution >= 0.6 is 0 Å². The number of hydrogen-bond acceptors (Lipinski definition) is 5. The van der Waals surface area contributed by atoms with Crippen LogP contribution in [0.15, 0.2) is 40.8 Å². The van der Waals surface area contributed by atoms with Crippen molar-refractivity contribution in [2.24, 2.45) is 5.92 Å². The average molecular weight is 477 g/mol. The predicted molar refractivity (Wildman–Crippen MR) is 114 cm³/mol. The van der Waals surface area contributed by atoms with Gasteiger partial charge >= 0.3 is 12.1 Å². The van der Waals surface area contributed by atoms with E-state index in [1.165, 1.54) is 19.2 Å². The molecule has 2 aromatic carbocycles. The van der Waals surface area contributed by atoms with E-state index in [-0.39, 0.29) is 24.0 Å². The van der Waals surface area contributed by atoms with Crippen molar-refractivity contribution < 1.29 is 36.2 Å². The maximum atomic E-state index is 13.6. The summed E-state index contributed by atoms with van der Waals surface area (Å²) in [5.41, 5.74) is 0.00509. The number of nitrogens with zero attached hydrogens (tertiary/aromatic N) is 1. The lowest BCUT2D eigenvalue weighted by molar-refractivity contribution is -0.147. The van der Waals surface area contributed by atoms with Gasteiger partial charge in [-0.25, -0.2) is 9.37 Å². The molecule has 1 aliphatic carbocycles. The number of esters is 1. The van der Waals surface area contributed by atoms with Gasteiger partial charge in [0.2, 0.25) is 0 Å². The predicted octanol–water partition coefficient (Wildman–Crippen LogP) is 5.90. The minimum absolute atomic E-state index is 0.150. The van der Waals surface area contributed by atoms with Crippen molar-refractivity contribution in [2.75, 3.05) is 13.7 Å². The van der Waals surface area contributed by atoms with Gasteiger partial charge in [0.25, 0.3) is 0 Å². The lowest BCUT2D eigenvalue weighted by Crippen LogP contribution is -2.35. The highest BCUT2D eigenvalue weighted by atomic mass is 19.4. The zero-order chi connectivity index (χ0) is 24.3. The second-order valence-corrected chi connectivity index (χ2v) is 9.12. The summed E-state index contributed by atoms with van der Waals surface area (Å²) in [5.74, 6) is -1.81. The van der Waals surface area contributed by atoms with Gasteiger partial charge in [-0.3, -0.25) is 4.79 Å². The number of benzene rings is 2. The summed E-state index contributed by atoms with van der Waals surface area (Å²) < 4.78 is 71.5. The fraction of sp³-hybridized carbons (Fsp3) is 0.440. The quantitative estimate of drug-likeness (QED) is 0.347. The van der Waals surface area contributed by atoms with Crippen LogP contribution in [-0.4, -0.2) is 30.3 Å². The van der Waals surface area contributed by atoms with Gasteiger partial charge in [0.15, 0.2) is 11.5 Å². The number of methoxy groups -OCH3 is 1. The van der Waals surface area contributed by atoms with Gasteiger partial charge in [0, 0.05) is 24.3 Å². The van der Waals surface area contributed by atoms with E-state index in [1.807, 2.05) is 0 Å². The Morgan fingerprint density at radius 1 is 1.21 bits per heavy atom. The number of ether oxygens (including phenoxy) is 2. The molecule has 180 valence electrons. The SMILES string of the molecule is COC(=O)C1CCC2(CC(c3cc(C(F)(F)F)cc4nc(C)oc34)CO2)C1c1ccc(F)cc1. The van der Waals surface area contributed by atoms with E-state index in [4.69, 9.17) is 13.9 Å². The Kier molecular flexibility index (Phi) is 5.42. The summed E-state index contributed by atoms with van der Waals surface area (Å²) in [6.07, 6.45) is -3.12. The van der Waals surface area contributed by atoms with Gasteiger partial charge in [0.1, 0.15) is 11.3 Å². The molecule has 1 saturated heterocycles. The number of halogens is 4. The summed E-state index contributed by atoms with van der Waals surface area (Å²) in [4.78, 5) is 16.7. The molecule has 1 saturated carbocycles. The number of carbonyl (C=O) groups is 1. The number of carbonyl (C=O) groups excluding carboxylic acids is 1. The lowest BCUT2D eigenvalue weighted by Gasteiger charge is -2.33. The van der Waals surface area contributed by atoms with E-state index in [0.29, 0.717) is 30.4 Å². The number of aryl methyl sites for hydroxylation is 1. The van der Waals surface area contributed by atoms with Gasteiger partial charge in [-0.15, -0.1) is 0 Å². The zero-order valence-electron chi connectivity index (χ0n) is 18.6. The first-order valence-electron chi connectivity index (χ1n) is 11.1. The van der Waals surface area contributed by atoms with Crippen LogP contribution in [0.3, 0.4) is 0 Å². The molecule has 0 N–H and O–H groups in total. The van der Waals surface area contributed by atoms with Crippen molar-refractivity contribution in [3.05, 3.63) is 64.8 Å². The van der Waals surface area contributed by atoms with Crippen LogP contribution in [-0.2, 0) is 20.4 Å². The highest BCUT2D eigenvalue weighted by Crippen LogP contribution is 2.57. The molecule has 0 amide bonds. The third kappa shape index (κ3) is 3.76. The third-order valence-corrected chi connectivity index (χ3v) is 7.14. The number of aromatic nitrogens is 1. The first kappa shape index (κ1) is 22.8. The third-order valence-electron chi connectivity index (χ3n) is 7.14. The second kappa shape index (κ2) is 8.08. The molecular formula is C25H23F4NO4. The first-order chi connectivity index (χ1) is 16.1.